The monoisotopic (exact) mass is 239 g/mol. The van der Waals surface area contributed by atoms with Gasteiger partial charge in [-0.3, -0.25) is 10.1 Å². The van der Waals surface area contributed by atoms with Crippen LogP contribution in [0.5, 0.6) is 0 Å². The summed E-state index contributed by atoms with van der Waals surface area (Å²) >= 11 is 0. The van der Waals surface area contributed by atoms with Crippen LogP contribution in [-0.2, 0) is 0 Å². The van der Waals surface area contributed by atoms with Gasteiger partial charge in [-0.05, 0) is 17.0 Å². The van der Waals surface area contributed by atoms with Crippen LogP contribution in [0.4, 0.5) is 11.5 Å². The normalized spacial score (nSPS) is 10.4. The van der Waals surface area contributed by atoms with Crippen LogP contribution in [0.25, 0.3) is 5.82 Å². The van der Waals surface area contributed by atoms with E-state index >= 15 is 0 Å². The third-order valence-corrected chi connectivity index (χ3v) is 2.04. The van der Waals surface area contributed by atoms with Crippen molar-refractivity contribution in [2.45, 2.75) is 6.92 Å². The van der Waals surface area contributed by atoms with Gasteiger partial charge in [-0.25, -0.2) is 4.63 Å². The summed E-state index contributed by atoms with van der Waals surface area (Å²) in [6.45, 7) is 1.52. The van der Waals surface area contributed by atoms with Crippen LogP contribution < -0.4 is 0 Å². The molecule has 17 heavy (non-hydrogen) atoms. The largest absolute Gasteiger partial charge is 0.358 e. The first-order chi connectivity index (χ1) is 8.00. The van der Waals surface area contributed by atoms with Crippen LogP contribution in [0, 0.1) is 27.2 Å². The van der Waals surface area contributed by atoms with Crippen molar-refractivity contribution in [3.8, 4) is 5.82 Å². The zero-order valence-corrected chi connectivity index (χ0v) is 8.43. The first-order valence-corrected chi connectivity index (χ1v) is 4.31. The average molecular weight is 239 g/mol. The van der Waals surface area contributed by atoms with Crippen LogP contribution in [0.15, 0.2) is 16.9 Å². The lowest BCUT2D eigenvalue weighted by atomic mass is 10.5. The zero-order valence-electron chi connectivity index (χ0n) is 8.43. The molecule has 0 saturated heterocycles. The standard InChI is InChI=1S/C7H5N5O5/c1-4-7(9-17-8-4)10-3-5(11(13)14)2-6(10)12(15)16/h2-3H,1H3. The number of hydrogen-bond acceptors (Lipinski definition) is 7. The van der Waals surface area contributed by atoms with E-state index in [1.165, 1.54) is 6.92 Å². The minimum Gasteiger partial charge on any atom is -0.358 e. The molecule has 10 nitrogen and oxygen atoms in total. The average Bonchev–Trinajstić information content (AvgIpc) is 2.82. The van der Waals surface area contributed by atoms with Crippen LogP contribution >= 0.6 is 0 Å². The molecule has 88 valence electrons. The third kappa shape index (κ3) is 1.71. The Balaban J connectivity index is 2.64. The Hall–Kier alpha value is -2.78. The lowest BCUT2D eigenvalue weighted by molar-refractivity contribution is -0.394. The highest BCUT2D eigenvalue weighted by atomic mass is 16.6. The van der Waals surface area contributed by atoms with Crippen molar-refractivity contribution >= 4 is 11.5 Å². The van der Waals surface area contributed by atoms with Gasteiger partial charge in [0.25, 0.3) is 5.82 Å². The Morgan fingerprint density at radius 2 is 2.00 bits per heavy atom. The minimum atomic E-state index is -0.749. The Labute approximate surface area is 92.7 Å². The fourth-order valence-corrected chi connectivity index (χ4v) is 1.29. The maximum Gasteiger partial charge on any atom is 0.336 e. The van der Waals surface area contributed by atoms with E-state index in [4.69, 9.17) is 0 Å². The van der Waals surface area contributed by atoms with E-state index < -0.39 is 21.4 Å². The van der Waals surface area contributed by atoms with E-state index in [9.17, 15) is 20.2 Å². The smallest absolute Gasteiger partial charge is 0.336 e. The van der Waals surface area contributed by atoms with Crippen LogP contribution in [0.2, 0.25) is 0 Å². The summed E-state index contributed by atoms with van der Waals surface area (Å²) in [5.41, 5.74) is -0.113. The lowest BCUT2D eigenvalue weighted by Crippen LogP contribution is -2.00. The number of aryl methyl sites for hydroxylation is 1. The van der Waals surface area contributed by atoms with E-state index in [0.717, 1.165) is 16.8 Å². The zero-order chi connectivity index (χ0) is 12.6. The van der Waals surface area contributed by atoms with E-state index in [2.05, 4.69) is 14.9 Å². The molecule has 0 bridgehead atoms. The molecule has 2 aromatic heterocycles. The van der Waals surface area contributed by atoms with Gasteiger partial charge in [0.1, 0.15) is 6.07 Å². The summed E-state index contributed by atoms with van der Waals surface area (Å²) in [7, 11) is 0. The second-order valence-electron chi connectivity index (χ2n) is 3.11. The quantitative estimate of drug-likeness (QED) is 0.576. The molecule has 0 aliphatic rings. The Bertz CT molecular complexity index is 600. The Morgan fingerprint density at radius 3 is 2.47 bits per heavy atom. The molecule has 0 aromatic carbocycles. The van der Waals surface area contributed by atoms with Crippen LogP contribution in [0.3, 0.4) is 0 Å². The minimum absolute atomic E-state index is 0.0461. The molecule has 0 spiro atoms. The Morgan fingerprint density at radius 1 is 1.29 bits per heavy atom. The SMILES string of the molecule is Cc1nonc1-n1cc([N+](=O)[O-])cc1[N+](=O)[O-]. The van der Waals surface area contributed by atoms with E-state index in [-0.39, 0.29) is 5.82 Å². The maximum absolute atomic E-state index is 10.7. The third-order valence-electron chi connectivity index (χ3n) is 2.04. The van der Waals surface area contributed by atoms with Crippen molar-refractivity contribution in [3.05, 3.63) is 38.2 Å². The van der Waals surface area contributed by atoms with Crippen LogP contribution in [0.1, 0.15) is 5.69 Å². The number of rotatable bonds is 3. The molecule has 0 unspecified atom stereocenters. The molecule has 2 rings (SSSR count). The Kier molecular flexibility index (Phi) is 2.31. The van der Waals surface area contributed by atoms with Crippen LogP contribution in [-0.4, -0.2) is 24.7 Å². The highest BCUT2D eigenvalue weighted by molar-refractivity contribution is 5.46. The van der Waals surface area contributed by atoms with Gasteiger partial charge >= 0.3 is 11.5 Å². The molecule has 0 amide bonds. The first-order valence-electron chi connectivity index (χ1n) is 4.31. The molecule has 0 aliphatic carbocycles. The molecule has 2 aromatic rings. The molecule has 0 atom stereocenters. The van der Waals surface area contributed by atoms with E-state index in [1.54, 1.807) is 0 Å². The topological polar surface area (TPSA) is 130 Å². The second-order valence-corrected chi connectivity index (χ2v) is 3.11. The van der Waals surface area contributed by atoms with Gasteiger partial charge in [-0.1, -0.05) is 5.16 Å². The van der Waals surface area contributed by atoms with Crippen molar-refractivity contribution in [1.29, 1.82) is 0 Å². The summed E-state index contributed by atoms with van der Waals surface area (Å²) < 4.78 is 5.34. The van der Waals surface area contributed by atoms with Gasteiger partial charge in [0.15, 0.2) is 11.9 Å². The van der Waals surface area contributed by atoms with Crippen molar-refractivity contribution < 1.29 is 14.5 Å². The molecule has 2 heterocycles. The van der Waals surface area contributed by atoms with Crippen molar-refractivity contribution in [2.75, 3.05) is 0 Å². The summed E-state index contributed by atoms with van der Waals surface area (Å²) in [4.78, 5) is 19.8. The summed E-state index contributed by atoms with van der Waals surface area (Å²) in [5, 5.41) is 28.2. The fraction of sp³-hybridized carbons (Fsp3) is 0.143. The second kappa shape index (κ2) is 3.66. The van der Waals surface area contributed by atoms with Crippen molar-refractivity contribution in [3.63, 3.8) is 0 Å². The number of nitro groups is 2. The summed E-state index contributed by atoms with van der Waals surface area (Å²) in [6, 6.07) is 0.841. The first kappa shape index (κ1) is 10.7. The predicted molar refractivity (Wildman–Crippen MR) is 51.7 cm³/mol. The maximum atomic E-state index is 10.7. The highest BCUT2D eigenvalue weighted by Crippen LogP contribution is 2.26. The lowest BCUT2D eigenvalue weighted by Gasteiger charge is -1.95. The van der Waals surface area contributed by atoms with Gasteiger partial charge in [0.05, 0.1) is 4.92 Å². The van der Waals surface area contributed by atoms with Gasteiger partial charge in [0.2, 0.25) is 0 Å². The highest BCUT2D eigenvalue weighted by Gasteiger charge is 2.27. The predicted octanol–water partition coefficient (Wildman–Crippen LogP) is 0.985. The number of aromatic nitrogens is 3. The summed E-state index contributed by atoms with van der Waals surface area (Å²) in [5.74, 6) is -0.430. The molecule has 0 radical (unpaired) electrons. The van der Waals surface area contributed by atoms with E-state index in [1.807, 2.05) is 0 Å². The van der Waals surface area contributed by atoms with Crippen molar-refractivity contribution in [1.82, 2.24) is 14.9 Å². The number of nitrogens with zero attached hydrogens (tertiary/aromatic N) is 5. The molecule has 0 saturated carbocycles. The van der Waals surface area contributed by atoms with Gasteiger partial charge < -0.3 is 10.1 Å². The molecule has 0 N–H and O–H groups in total. The van der Waals surface area contributed by atoms with E-state index in [0.29, 0.717) is 5.69 Å². The van der Waals surface area contributed by atoms with Gasteiger partial charge in [0, 0.05) is 0 Å². The van der Waals surface area contributed by atoms with Gasteiger partial charge in [-0.2, -0.15) is 4.57 Å². The van der Waals surface area contributed by atoms with Crippen molar-refractivity contribution in [2.24, 2.45) is 0 Å². The summed E-state index contributed by atoms with van der Waals surface area (Å²) in [6.07, 6.45) is 0.991. The molecular formula is C7H5N5O5. The molecule has 0 fully saturated rings. The molecule has 10 heteroatoms. The van der Waals surface area contributed by atoms with Gasteiger partial charge in [-0.15, -0.1) is 0 Å². The fourth-order valence-electron chi connectivity index (χ4n) is 1.29. The molecular weight excluding hydrogens is 234 g/mol. The molecule has 0 aliphatic heterocycles. The number of hydrogen-bond donors (Lipinski definition) is 0.